The first-order valence-corrected chi connectivity index (χ1v) is 17.8. The van der Waals surface area contributed by atoms with E-state index in [0.29, 0.717) is 63.9 Å². The summed E-state index contributed by atoms with van der Waals surface area (Å²) in [6.07, 6.45) is -11.7. The van der Waals surface area contributed by atoms with Gasteiger partial charge in [-0.2, -0.15) is 39.5 Å². The van der Waals surface area contributed by atoms with Crippen molar-refractivity contribution >= 4 is 39.4 Å². The van der Waals surface area contributed by atoms with E-state index in [1.165, 1.54) is 18.2 Å². The van der Waals surface area contributed by atoms with Gasteiger partial charge in [-0.15, -0.1) is 0 Å². The number of carboxylic acids is 1. The van der Waals surface area contributed by atoms with Gasteiger partial charge in [-0.3, -0.25) is 0 Å². The number of carboxylic acid groups (broad SMARTS) is 1. The zero-order valence-electron chi connectivity index (χ0n) is 32.0. The zero-order chi connectivity index (χ0) is 45.6. The molecule has 15 nitrogen and oxygen atoms in total. The van der Waals surface area contributed by atoms with Crippen LogP contribution in [0.15, 0.2) is 86.4 Å². The number of aryl methyl sites for hydroxylation is 2. The number of nitrogens with two attached hydrogens (primary N) is 3. The lowest BCUT2D eigenvalue weighted by molar-refractivity contribution is -0.138. The minimum Gasteiger partial charge on any atom is -0.475 e. The number of fused-ring (bicyclic) bond motifs is 2. The summed E-state index contributed by atoms with van der Waals surface area (Å²) in [6.45, 7) is 4.02. The highest BCUT2D eigenvalue weighted by molar-refractivity contribution is 5.84. The largest absolute Gasteiger partial charge is 0.475 e. The van der Waals surface area contributed by atoms with Gasteiger partial charge >= 0.3 is 24.5 Å². The summed E-state index contributed by atoms with van der Waals surface area (Å²) in [5.41, 5.74) is 17.1. The van der Waals surface area contributed by atoms with Crippen LogP contribution in [0, 0.1) is 0 Å². The van der Waals surface area contributed by atoms with E-state index in [2.05, 4.69) is 39.9 Å². The van der Waals surface area contributed by atoms with Crippen LogP contribution < -0.4 is 17.2 Å². The fraction of sp³-hybridized carbons (Fsp3) is 0.231. The molecule has 5 aromatic heterocycles. The van der Waals surface area contributed by atoms with Crippen molar-refractivity contribution in [2.45, 2.75) is 59.2 Å². The van der Waals surface area contributed by atoms with Gasteiger partial charge in [-0.1, -0.05) is 36.7 Å². The number of nitrogens with one attached hydrogen (secondary N) is 2. The molecule has 5 heterocycles. The molecule has 8 aromatic rings. The van der Waals surface area contributed by atoms with Crippen LogP contribution in [-0.4, -0.2) is 46.5 Å². The number of anilines is 2. The molecule has 0 aliphatic heterocycles. The second kappa shape index (κ2) is 19.6. The molecule has 336 valence electrons. The number of H-pyrrole nitrogens is 2. The number of alkyl halides is 9. The quantitative estimate of drug-likeness (QED) is 0.0672. The Hall–Kier alpha value is -7.37. The highest BCUT2D eigenvalue weighted by Crippen LogP contribution is 2.34. The van der Waals surface area contributed by atoms with Gasteiger partial charge in [-0.25, -0.2) is 14.8 Å². The highest BCUT2D eigenvalue weighted by atomic mass is 19.4. The number of hydrogen-bond donors (Lipinski definition) is 6. The van der Waals surface area contributed by atoms with Crippen molar-refractivity contribution in [3.63, 3.8) is 0 Å². The van der Waals surface area contributed by atoms with Gasteiger partial charge in [0.15, 0.2) is 11.6 Å². The number of aromatic carboxylic acids is 1. The maximum Gasteiger partial charge on any atom is 0.416 e. The average Bonchev–Trinajstić information content (AvgIpc) is 4.06. The van der Waals surface area contributed by atoms with E-state index in [1.54, 1.807) is 12.1 Å². The molecule has 0 aliphatic carbocycles. The summed E-state index contributed by atoms with van der Waals surface area (Å²) in [7, 11) is 0. The first kappa shape index (κ1) is 48.3. The molecule has 3 aromatic carbocycles. The fourth-order valence-electron chi connectivity index (χ4n) is 5.05. The third-order valence-corrected chi connectivity index (χ3v) is 8.32. The van der Waals surface area contributed by atoms with E-state index >= 15 is 0 Å². The summed E-state index contributed by atoms with van der Waals surface area (Å²) >= 11 is 0. The van der Waals surface area contributed by atoms with E-state index < -0.39 is 41.2 Å². The summed E-state index contributed by atoms with van der Waals surface area (Å²) in [5, 5.41) is 19.4. The van der Waals surface area contributed by atoms with Crippen molar-refractivity contribution in [2.75, 3.05) is 11.5 Å². The number of hydrogen-bond acceptors (Lipinski definition) is 12. The number of imidazole rings is 2. The topological polar surface area (TPSA) is 251 Å². The predicted molar refractivity (Wildman–Crippen MR) is 210 cm³/mol. The number of halogens is 9. The molecule has 0 atom stereocenters. The zero-order valence-corrected chi connectivity index (χ0v) is 32.0. The van der Waals surface area contributed by atoms with E-state index in [0.717, 1.165) is 48.2 Å². The van der Waals surface area contributed by atoms with Gasteiger partial charge in [0.05, 0.1) is 67.2 Å². The first-order chi connectivity index (χ1) is 29.1. The van der Waals surface area contributed by atoms with E-state index in [1.807, 2.05) is 13.8 Å². The van der Waals surface area contributed by atoms with Gasteiger partial charge in [0.25, 0.3) is 0 Å². The normalized spacial score (nSPS) is 11.5. The number of benzene rings is 3. The summed E-state index contributed by atoms with van der Waals surface area (Å²) in [6, 6.07) is 14.2. The molecule has 0 saturated carbocycles. The molecule has 0 radical (unpaired) electrons. The van der Waals surface area contributed by atoms with Crippen LogP contribution in [0.3, 0.4) is 0 Å². The number of aromatic amines is 2. The molecule has 0 saturated heterocycles. The van der Waals surface area contributed by atoms with Gasteiger partial charge in [-0.05, 0) is 67.4 Å². The van der Waals surface area contributed by atoms with Crippen molar-refractivity contribution in [3.8, 4) is 23.2 Å². The molecular formula is C39H37F9N10O5. The number of nitrogen functional groups attached to an aromatic ring is 2. The highest BCUT2D eigenvalue weighted by Gasteiger charge is 2.32. The van der Waals surface area contributed by atoms with Crippen LogP contribution in [0.5, 0.6) is 0 Å². The number of carbonyl (C=O) groups is 1. The Balaban J connectivity index is 0.000000191. The lowest BCUT2D eigenvalue weighted by Crippen LogP contribution is -2.06. The fourth-order valence-corrected chi connectivity index (χ4v) is 5.05. The second-order valence-electron chi connectivity index (χ2n) is 12.7. The summed E-state index contributed by atoms with van der Waals surface area (Å²) in [4.78, 5) is 24.1. The van der Waals surface area contributed by atoms with Crippen molar-refractivity contribution < 1.29 is 63.0 Å². The number of rotatable bonds is 6. The third kappa shape index (κ3) is 12.4. The Morgan fingerprint density at radius 2 is 1.02 bits per heavy atom. The lowest BCUT2D eigenvalue weighted by Gasteiger charge is -2.07. The third-order valence-electron chi connectivity index (χ3n) is 8.32. The molecule has 0 fully saturated rings. The first-order valence-electron chi connectivity index (χ1n) is 17.8. The molecule has 63 heavy (non-hydrogen) atoms. The van der Waals surface area contributed by atoms with Gasteiger partial charge < -0.3 is 45.8 Å². The van der Waals surface area contributed by atoms with Crippen LogP contribution in [-0.2, 0) is 37.9 Å². The molecule has 0 amide bonds. The maximum absolute atomic E-state index is 12.6. The average molecular weight is 897 g/mol. The number of nitrogens with zero attached hydrogens (tertiary/aromatic N) is 5. The molecular weight excluding hydrogens is 859 g/mol. The van der Waals surface area contributed by atoms with Gasteiger partial charge in [0.2, 0.25) is 17.3 Å². The van der Waals surface area contributed by atoms with Crippen molar-refractivity contribution in [3.05, 3.63) is 112 Å². The molecule has 0 aliphatic rings. The Morgan fingerprint density at radius 1 is 0.603 bits per heavy atom. The van der Waals surface area contributed by atoms with E-state index in [9.17, 15) is 44.3 Å². The molecule has 0 bridgehead atoms. The Morgan fingerprint density at radius 3 is 1.38 bits per heavy atom. The van der Waals surface area contributed by atoms with E-state index in [4.69, 9.17) is 31.4 Å². The van der Waals surface area contributed by atoms with E-state index in [-0.39, 0.29) is 36.6 Å². The van der Waals surface area contributed by atoms with Crippen LogP contribution in [0.4, 0.5) is 50.9 Å². The Kier molecular flexibility index (Phi) is 15.0. The van der Waals surface area contributed by atoms with Crippen molar-refractivity contribution in [1.29, 1.82) is 0 Å². The minimum absolute atomic E-state index is 0. The molecule has 0 spiro atoms. The predicted octanol–water partition coefficient (Wildman–Crippen LogP) is 9.94. The van der Waals surface area contributed by atoms with Crippen molar-refractivity contribution in [1.82, 2.24) is 35.4 Å². The van der Waals surface area contributed by atoms with Gasteiger partial charge in [0.1, 0.15) is 0 Å². The standard InChI is InChI=1S/C13H10F3N3O.C12H9F3N4O.C7H7F3N2.C6H7NO3.CH4/c1-2-8-6-11(20-19-8)12-17-9-4-3-7(13(14,15)16)5-10(9)18-12;13-12(14,15)6-1-2-8-9(3-6)18-11(17-8)10-4-7(5-16)19-20-10;8-7(9,10)4-1-2-5(11)6(12)3-4;1-2-4-3-5(6(8)9)10-7-4;/h3-6H,2H2,1H3,(H,17,18);1-4H,5,16H2,(H,17,18);1-3H,11-12H2;3H,2H2,1H3,(H,8,9);1H4. The van der Waals surface area contributed by atoms with Crippen LogP contribution in [0.25, 0.3) is 45.2 Å². The molecule has 9 N–H and O–H groups in total. The van der Waals surface area contributed by atoms with Crippen LogP contribution in [0.1, 0.15) is 65.6 Å². The lowest BCUT2D eigenvalue weighted by atomic mass is 10.2. The number of aromatic nitrogens is 7. The Bertz CT molecular complexity index is 2630. The maximum atomic E-state index is 12.6. The summed E-state index contributed by atoms with van der Waals surface area (Å²) < 4.78 is 126. The molecule has 8 rings (SSSR count). The van der Waals surface area contributed by atoms with Crippen LogP contribution in [0.2, 0.25) is 0 Å². The smallest absolute Gasteiger partial charge is 0.416 e. The molecule has 0 unspecified atom stereocenters. The Labute approximate surface area is 349 Å². The minimum atomic E-state index is -4.39. The summed E-state index contributed by atoms with van der Waals surface area (Å²) in [5.74, 6) is 0.240. The SMILES string of the molecule is C.CCc1cc(-c2nc3ccc(C(F)(F)F)cc3[nH]2)on1.CCc1cc(C(=O)O)on1.NCc1cc(-c2nc3ccc(C(F)(F)F)cc3[nH]2)on1.Nc1ccc(C(F)(F)F)cc1N. The monoisotopic (exact) mass is 896 g/mol. The second-order valence-corrected chi connectivity index (χ2v) is 12.7. The van der Waals surface area contributed by atoms with Gasteiger partial charge in [0, 0.05) is 24.7 Å². The van der Waals surface area contributed by atoms with Crippen LogP contribution >= 0.6 is 0 Å². The molecule has 24 heteroatoms. The van der Waals surface area contributed by atoms with Crippen molar-refractivity contribution in [2.24, 2.45) is 5.73 Å².